The van der Waals surface area contributed by atoms with Gasteiger partial charge >= 0.3 is 0 Å². The lowest BCUT2D eigenvalue weighted by Gasteiger charge is -2.07. The number of nitrogens with zero attached hydrogens (tertiary/aromatic N) is 1. The van der Waals surface area contributed by atoms with Crippen LogP contribution in [0.15, 0.2) is 27.7 Å². The van der Waals surface area contributed by atoms with Crippen molar-refractivity contribution in [3.8, 4) is 0 Å². The van der Waals surface area contributed by atoms with E-state index in [1.165, 1.54) is 0 Å². The second kappa shape index (κ2) is 4.19. The largest absolute Gasteiger partial charge is 0.354 e. The molecule has 1 aromatic carbocycles. The summed E-state index contributed by atoms with van der Waals surface area (Å²) in [5.74, 6) is 0.819. The molecule has 3 nitrogen and oxygen atoms in total. The first-order valence-corrected chi connectivity index (χ1v) is 5.43. The molecule has 0 aliphatic carbocycles. The number of halogens is 2. The van der Waals surface area contributed by atoms with Crippen molar-refractivity contribution < 1.29 is 0 Å². The topological polar surface area (TPSA) is 36.4 Å². The Morgan fingerprint density at radius 3 is 3.00 bits per heavy atom. The summed E-state index contributed by atoms with van der Waals surface area (Å²) in [6.45, 7) is 1.73. The van der Waals surface area contributed by atoms with Crippen molar-refractivity contribution in [3.05, 3.63) is 27.7 Å². The van der Waals surface area contributed by atoms with Gasteiger partial charge in [0.05, 0.1) is 11.6 Å². The van der Waals surface area contributed by atoms with Crippen molar-refractivity contribution in [3.63, 3.8) is 0 Å². The molecule has 0 unspecified atom stereocenters. The van der Waals surface area contributed by atoms with E-state index in [9.17, 15) is 0 Å². The molecule has 0 aromatic heterocycles. The fourth-order valence-corrected chi connectivity index (χ4v) is 1.69. The number of nitrogens with one attached hydrogen (secondary N) is 2. The van der Waals surface area contributed by atoms with Gasteiger partial charge in [-0.3, -0.25) is 4.99 Å². The van der Waals surface area contributed by atoms with E-state index >= 15 is 0 Å². The van der Waals surface area contributed by atoms with Crippen molar-refractivity contribution in [1.82, 2.24) is 5.32 Å². The highest BCUT2D eigenvalue weighted by molar-refractivity contribution is 9.10. The molecule has 74 valence electrons. The van der Waals surface area contributed by atoms with Gasteiger partial charge in [0.15, 0.2) is 5.96 Å². The van der Waals surface area contributed by atoms with Crippen LogP contribution in [0.1, 0.15) is 0 Å². The third-order valence-corrected chi connectivity index (χ3v) is 3.07. The lowest BCUT2D eigenvalue weighted by Crippen LogP contribution is -2.26. The highest BCUT2D eigenvalue weighted by Gasteiger charge is 2.05. The van der Waals surface area contributed by atoms with Gasteiger partial charge in [-0.1, -0.05) is 11.6 Å². The van der Waals surface area contributed by atoms with E-state index in [-0.39, 0.29) is 0 Å². The normalized spacial score (nSPS) is 14.9. The molecule has 1 heterocycles. The maximum absolute atomic E-state index is 5.88. The quantitative estimate of drug-likeness (QED) is 0.825. The second-order valence-corrected chi connectivity index (χ2v) is 4.17. The minimum absolute atomic E-state index is 0.705. The number of rotatable bonds is 1. The standard InChI is InChI=1S/C9H9BrClN3/c10-7-5-6(1-2-8(7)11)14-9-12-3-4-13-9/h1-2,5H,3-4H2,(H2,12,13,14). The van der Waals surface area contributed by atoms with Crippen molar-refractivity contribution in [2.24, 2.45) is 4.99 Å². The SMILES string of the molecule is Clc1ccc(NC2=NCCN2)cc1Br. The second-order valence-electron chi connectivity index (χ2n) is 2.91. The molecule has 0 bridgehead atoms. The van der Waals surface area contributed by atoms with E-state index in [2.05, 4.69) is 31.6 Å². The minimum Gasteiger partial charge on any atom is -0.354 e. The average molecular weight is 275 g/mol. The fourth-order valence-electron chi connectivity index (χ4n) is 1.19. The van der Waals surface area contributed by atoms with E-state index in [0.717, 1.165) is 29.2 Å². The molecular formula is C9H9BrClN3. The van der Waals surface area contributed by atoms with Crippen LogP contribution in [0.25, 0.3) is 0 Å². The van der Waals surface area contributed by atoms with Gasteiger partial charge in [0.1, 0.15) is 0 Å². The van der Waals surface area contributed by atoms with Crippen LogP contribution in [0.4, 0.5) is 5.69 Å². The highest BCUT2D eigenvalue weighted by atomic mass is 79.9. The third-order valence-electron chi connectivity index (χ3n) is 1.86. The molecule has 0 saturated heterocycles. The van der Waals surface area contributed by atoms with Crippen LogP contribution in [0.3, 0.4) is 0 Å². The van der Waals surface area contributed by atoms with Crippen LogP contribution in [0.5, 0.6) is 0 Å². The van der Waals surface area contributed by atoms with E-state index in [1.807, 2.05) is 18.2 Å². The van der Waals surface area contributed by atoms with E-state index < -0.39 is 0 Å². The Hall–Kier alpha value is -0.740. The summed E-state index contributed by atoms with van der Waals surface area (Å²) in [5, 5.41) is 6.99. The first-order valence-electron chi connectivity index (χ1n) is 4.26. The van der Waals surface area contributed by atoms with Gasteiger partial charge in [-0.2, -0.15) is 0 Å². The Bertz CT molecular complexity index is 378. The van der Waals surface area contributed by atoms with Crippen LogP contribution < -0.4 is 10.6 Å². The maximum Gasteiger partial charge on any atom is 0.195 e. The van der Waals surface area contributed by atoms with Gasteiger partial charge in [0.25, 0.3) is 0 Å². The van der Waals surface area contributed by atoms with Gasteiger partial charge in [-0.25, -0.2) is 0 Å². The number of guanidine groups is 1. The zero-order chi connectivity index (χ0) is 9.97. The van der Waals surface area contributed by atoms with E-state index in [0.29, 0.717) is 5.02 Å². The highest BCUT2D eigenvalue weighted by Crippen LogP contribution is 2.25. The smallest absolute Gasteiger partial charge is 0.195 e. The summed E-state index contributed by atoms with van der Waals surface area (Å²) in [5.41, 5.74) is 0.967. The van der Waals surface area contributed by atoms with Crippen LogP contribution in [0, 0.1) is 0 Å². The molecule has 14 heavy (non-hydrogen) atoms. The van der Waals surface area contributed by atoms with Crippen molar-refractivity contribution in [2.45, 2.75) is 0 Å². The summed E-state index contributed by atoms with van der Waals surface area (Å²) in [4.78, 5) is 4.23. The molecule has 2 rings (SSSR count). The van der Waals surface area contributed by atoms with Crippen LogP contribution in [0.2, 0.25) is 5.02 Å². The van der Waals surface area contributed by atoms with Crippen molar-refractivity contribution in [2.75, 3.05) is 18.4 Å². The minimum atomic E-state index is 0.705. The number of hydrogen-bond donors (Lipinski definition) is 2. The maximum atomic E-state index is 5.88. The Morgan fingerprint density at radius 2 is 2.36 bits per heavy atom. The molecule has 0 radical (unpaired) electrons. The predicted molar refractivity (Wildman–Crippen MR) is 63.1 cm³/mol. The molecule has 0 spiro atoms. The summed E-state index contributed by atoms with van der Waals surface area (Å²) >= 11 is 9.24. The summed E-state index contributed by atoms with van der Waals surface area (Å²) in [6, 6.07) is 5.67. The Morgan fingerprint density at radius 1 is 1.50 bits per heavy atom. The lowest BCUT2D eigenvalue weighted by molar-refractivity contribution is 0.959. The monoisotopic (exact) mass is 273 g/mol. The zero-order valence-electron chi connectivity index (χ0n) is 7.35. The Balaban J connectivity index is 2.13. The van der Waals surface area contributed by atoms with Gasteiger partial charge in [-0.15, -0.1) is 0 Å². The molecule has 5 heteroatoms. The number of benzene rings is 1. The molecule has 1 aliphatic heterocycles. The third kappa shape index (κ3) is 2.19. The predicted octanol–water partition coefficient (Wildman–Crippen LogP) is 2.47. The molecule has 0 amide bonds. The average Bonchev–Trinajstić information content (AvgIpc) is 2.64. The van der Waals surface area contributed by atoms with Gasteiger partial charge in [0, 0.05) is 16.7 Å². The lowest BCUT2D eigenvalue weighted by atomic mass is 10.3. The number of aliphatic imine (C=N–C) groups is 1. The zero-order valence-corrected chi connectivity index (χ0v) is 9.69. The summed E-state index contributed by atoms with van der Waals surface area (Å²) in [7, 11) is 0. The summed E-state index contributed by atoms with van der Waals surface area (Å²) in [6.07, 6.45) is 0. The summed E-state index contributed by atoms with van der Waals surface area (Å²) < 4.78 is 0.878. The molecule has 0 atom stereocenters. The van der Waals surface area contributed by atoms with Crippen LogP contribution in [-0.4, -0.2) is 19.0 Å². The van der Waals surface area contributed by atoms with Crippen molar-refractivity contribution >= 4 is 39.2 Å². The molecule has 1 aliphatic rings. The van der Waals surface area contributed by atoms with E-state index in [4.69, 9.17) is 11.6 Å². The van der Waals surface area contributed by atoms with Gasteiger partial charge < -0.3 is 10.6 Å². The first kappa shape index (κ1) is 9.80. The van der Waals surface area contributed by atoms with Crippen LogP contribution in [-0.2, 0) is 0 Å². The first-order chi connectivity index (χ1) is 6.75. The molecular weight excluding hydrogens is 265 g/mol. The van der Waals surface area contributed by atoms with Gasteiger partial charge in [0.2, 0.25) is 0 Å². The fraction of sp³-hybridized carbons (Fsp3) is 0.222. The number of anilines is 1. The van der Waals surface area contributed by atoms with E-state index in [1.54, 1.807) is 0 Å². The molecule has 0 fully saturated rings. The molecule has 1 aromatic rings. The molecule has 2 N–H and O–H groups in total. The molecule has 0 saturated carbocycles. The Kier molecular flexibility index (Phi) is 2.93. The van der Waals surface area contributed by atoms with Gasteiger partial charge in [-0.05, 0) is 34.1 Å². The number of hydrogen-bond acceptors (Lipinski definition) is 3. The van der Waals surface area contributed by atoms with Crippen LogP contribution >= 0.6 is 27.5 Å². The Labute approximate surface area is 95.7 Å². The van der Waals surface area contributed by atoms with Crippen molar-refractivity contribution in [1.29, 1.82) is 0 Å².